The molecule has 6 rings (SSSR count). The first kappa shape index (κ1) is 27.0. The van der Waals surface area contributed by atoms with Crippen LogP contribution in [0.5, 0.6) is 11.5 Å². The highest BCUT2D eigenvalue weighted by atomic mass is 16.5. The Balaban J connectivity index is 1.74. The quantitative estimate of drug-likeness (QED) is 0.256. The number of fused-ring (bicyclic) bond motifs is 4. The zero-order valence-corrected chi connectivity index (χ0v) is 21.1. The second kappa shape index (κ2) is 8.42. The first-order chi connectivity index (χ1) is 19.2. The summed E-state index contributed by atoms with van der Waals surface area (Å²) in [5.41, 5.74) is -10.6. The Hall–Kier alpha value is -4.17. The highest BCUT2D eigenvalue weighted by Gasteiger charge is 2.88. The lowest BCUT2D eigenvalue weighted by Crippen LogP contribution is -2.72. The average Bonchev–Trinajstić information content (AvgIpc) is 3.35. The first-order valence-corrected chi connectivity index (χ1v) is 12.7. The molecule has 1 saturated carbocycles. The van der Waals surface area contributed by atoms with Crippen LogP contribution in [0, 0.1) is 17.3 Å². The predicted molar refractivity (Wildman–Crippen MR) is 131 cm³/mol. The third-order valence-electron chi connectivity index (χ3n) is 9.26. The molecule has 0 radical (unpaired) electrons. The second-order valence-electron chi connectivity index (χ2n) is 11.1. The molecule has 3 aliphatic carbocycles. The van der Waals surface area contributed by atoms with Crippen molar-refractivity contribution in [3.05, 3.63) is 58.7 Å². The van der Waals surface area contributed by atoms with Crippen LogP contribution in [0.2, 0.25) is 0 Å². The van der Waals surface area contributed by atoms with E-state index in [9.17, 15) is 59.7 Å². The molecule has 2 fully saturated rings. The number of benzene rings is 2. The van der Waals surface area contributed by atoms with E-state index < -0.39 is 118 Å². The molecule has 2 aromatic carbocycles. The van der Waals surface area contributed by atoms with Gasteiger partial charge in [-0.05, 0) is 24.1 Å². The molecule has 41 heavy (non-hydrogen) atoms. The Morgan fingerprint density at radius 2 is 1.56 bits per heavy atom. The van der Waals surface area contributed by atoms with Gasteiger partial charge in [-0.2, -0.15) is 0 Å². The largest absolute Gasteiger partial charge is 0.507 e. The molecule has 7 N–H and O–H groups in total. The second-order valence-corrected chi connectivity index (χ2v) is 11.1. The van der Waals surface area contributed by atoms with E-state index in [1.807, 2.05) is 0 Å². The number of aliphatic hydroxyl groups excluding tert-OH is 1. The van der Waals surface area contributed by atoms with Crippen LogP contribution < -0.4 is 0 Å². The van der Waals surface area contributed by atoms with Crippen LogP contribution in [0.3, 0.4) is 0 Å². The molecule has 1 aliphatic heterocycles. The van der Waals surface area contributed by atoms with E-state index in [2.05, 4.69) is 0 Å². The van der Waals surface area contributed by atoms with Gasteiger partial charge >= 0.3 is 11.9 Å². The minimum atomic E-state index is -3.34. The maximum atomic E-state index is 14.3. The fourth-order valence-electron chi connectivity index (χ4n) is 7.98. The summed E-state index contributed by atoms with van der Waals surface area (Å²) >= 11 is 0. The topological polar surface area (TPSA) is 236 Å². The van der Waals surface area contributed by atoms with Crippen molar-refractivity contribution in [2.24, 2.45) is 17.3 Å². The Bertz CT molecular complexity index is 1580. The normalized spacial score (nSPS) is 35.6. The lowest BCUT2D eigenvalue weighted by atomic mass is 9.53. The maximum absolute atomic E-state index is 14.3. The van der Waals surface area contributed by atoms with Gasteiger partial charge < -0.3 is 40.5 Å². The standard InChI is InChI=1S/C28H24O13/c29-13-5-2-4-12-18(13)22(36)21-20(15(31)8-17(34)35)27(39)23(37)11-3-1-6-14(30)19(11)24(38)28(27,40)26(21)9-10(7-16(32)33)41-25(12)26/h1-6,10,15,20-21,25,29-31,39-40H,7-9H2,(H,32,33)(H,34,35). The summed E-state index contributed by atoms with van der Waals surface area (Å²) in [4.78, 5) is 66.1. The number of carbonyl (C=O) groups excluding carboxylic acids is 3. The van der Waals surface area contributed by atoms with Gasteiger partial charge in [-0.25, -0.2) is 0 Å². The van der Waals surface area contributed by atoms with Crippen LogP contribution in [0.1, 0.15) is 62.0 Å². The summed E-state index contributed by atoms with van der Waals surface area (Å²) in [7, 11) is 0. The molecule has 0 aromatic heterocycles. The molecule has 214 valence electrons. The van der Waals surface area contributed by atoms with Gasteiger partial charge in [0.2, 0.25) is 5.78 Å². The molecule has 4 aliphatic rings. The van der Waals surface area contributed by atoms with Crippen LogP contribution in [0.25, 0.3) is 0 Å². The number of hydrogen-bond acceptors (Lipinski definition) is 11. The number of aromatic hydroxyl groups is 2. The van der Waals surface area contributed by atoms with E-state index in [4.69, 9.17) is 4.74 Å². The smallest absolute Gasteiger partial charge is 0.305 e. The van der Waals surface area contributed by atoms with Crippen LogP contribution in [0.15, 0.2) is 36.4 Å². The van der Waals surface area contributed by atoms with Gasteiger partial charge in [0.15, 0.2) is 22.8 Å². The minimum absolute atomic E-state index is 0.0633. The Kier molecular flexibility index (Phi) is 5.55. The molecule has 13 nitrogen and oxygen atoms in total. The molecule has 8 unspecified atom stereocenters. The van der Waals surface area contributed by atoms with Gasteiger partial charge in [-0.15, -0.1) is 0 Å². The van der Waals surface area contributed by atoms with Gasteiger partial charge in [0.25, 0.3) is 0 Å². The molecular formula is C28H24O13. The van der Waals surface area contributed by atoms with E-state index in [0.717, 1.165) is 18.2 Å². The summed E-state index contributed by atoms with van der Waals surface area (Å²) in [6.45, 7) is 0. The van der Waals surface area contributed by atoms with Crippen molar-refractivity contribution < 1.29 is 64.5 Å². The van der Waals surface area contributed by atoms with E-state index in [-0.39, 0.29) is 11.1 Å². The number of aliphatic hydroxyl groups is 3. The number of ketones is 3. The van der Waals surface area contributed by atoms with Crippen molar-refractivity contribution in [3.63, 3.8) is 0 Å². The molecule has 0 bridgehead atoms. The number of rotatable bonds is 5. The third-order valence-corrected chi connectivity index (χ3v) is 9.26. The van der Waals surface area contributed by atoms with Crippen LogP contribution >= 0.6 is 0 Å². The molecule has 8 atom stereocenters. The van der Waals surface area contributed by atoms with Gasteiger partial charge in [-0.1, -0.05) is 24.3 Å². The maximum Gasteiger partial charge on any atom is 0.305 e. The molecule has 0 amide bonds. The van der Waals surface area contributed by atoms with Crippen molar-refractivity contribution in [1.29, 1.82) is 0 Å². The summed E-state index contributed by atoms with van der Waals surface area (Å²) in [6, 6.07) is 7.17. The van der Waals surface area contributed by atoms with E-state index >= 15 is 0 Å². The zero-order valence-electron chi connectivity index (χ0n) is 21.1. The SMILES string of the molecule is O=C(O)CC1CC23C(O1)c1cccc(O)c1C(=O)C2C(C(O)CC(=O)O)C1(O)C(=O)c2cccc(O)c2C(=O)C13O. The summed E-state index contributed by atoms with van der Waals surface area (Å²) < 4.78 is 6.04. The molecule has 1 heterocycles. The number of carboxylic acid groups (broad SMARTS) is 2. The molecule has 13 heteroatoms. The van der Waals surface area contributed by atoms with E-state index in [0.29, 0.717) is 0 Å². The summed E-state index contributed by atoms with van der Waals surface area (Å²) in [6.07, 6.45) is -7.47. The monoisotopic (exact) mass is 568 g/mol. The van der Waals surface area contributed by atoms with Crippen molar-refractivity contribution in [2.75, 3.05) is 0 Å². The Labute approximate surface area is 230 Å². The number of carbonyl (C=O) groups is 5. The number of hydrogen-bond donors (Lipinski definition) is 7. The number of ether oxygens (including phenoxy) is 1. The molecule has 1 spiro atoms. The van der Waals surface area contributed by atoms with Crippen molar-refractivity contribution in [3.8, 4) is 11.5 Å². The van der Waals surface area contributed by atoms with Crippen LogP contribution in [-0.2, 0) is 14.3 Å². The zero-order chi connectivity index (χ0) is 29.8. The minimum Gasteiger partial charge on any atom is -0.507 e. The van der Waals surface area contributed by atoms with Gasteiger partial charge in [-0.3, -0.25) is 24.0 Å². The first-order valence-electron chi connectivity index (χ1n) is 12.7. The van der Waals surface area contributed by atoms with Gasteiger partial charge in [0.05, 0.1) is 47.7 Å². The van der Waals surface area contributed by atoms with Crippen LogP contribution in [-0.4, -0.2) is 88.4 Å². The summed E-state index contributed by atoms with van der Waals surface area (Å²) in [5.74, 6) is -12.0. The average molecular weight is 568 g/mol. The number of Topliss-reactive ketones (excluding diaryl/α,β-unsaturated/α-hetero) is 3. The number of phenolic OH excluding ortho intramolecular Hbond substituents is 2. The van der Waals surface area contributed by atoms with Crippen molar-refractivity contribution in [2.45, 2.75) is 48.8 Å². The molecular weight excluding hydrogens is 544 g/mol. The Morgan fingerprint density at radius 1 is 0.927 bits per heavy atom. The fourth-order valence-corrected chi connectivity index (χ4v) is 7.98. The lowest BCUT2D eigenvalue weighted by Gasteiger charge is -2.51. The molecule has 2 aromatic rings. The highest BCUT2D eigenvalue weighted by molar-refractivity contribution is 6.25. The molecule has 1 saturated heterocycles. The number of aliphatic carboxylic acids is 2. The predicted octanol–water partition coefficient (Wildman–Crippen LogP) is 0.208. The van der Waals surface area contributed by atoms with Crippen molar-refractivity contribution >= 4 is 29.3 Å². The Morgan fingerprint density at radius 3 is 2.20 bits per heavy atom. The summed E-state index contributed by atoms with van der Waals surface area (Å²) in [5, 5.41) is 76.5. The van der Waals surface area contributed by atoms with E-state index in [1.54, 1.807) is 0 Å². The van der Waals surface area contributed by atoms with Gasteiger partial charge in [0.1, 0.15) is 11.5 Å². The lowest BCUT2D eigenvalue weighted by molar-refractivity contribution is -0.163. The fraction of sp³-hybridized carbons (Fsp3) is 0.393. The third kappa shape index (κ3) is 3.00. The van der Waals surface area contributed by atoms with E-state index in [1.165, 1.54) is 18.2 Å². The van der Waals surface area contributed by atoms with Crippen molar-refractivity contribution in [1.82, 2.24) is 0 Å². The van der Waals surface area contributed by atoms with Gasteiger partial charge in [0, 0.05) is 17.4 Å². The number of carboxylic acids is 2. The number of phenols is 2. The highest BCUT2D eigenvalue weighted by Crippen LogP contribution is 2.75. The van der Waals surface area contributed by atoms with Crippen LogP contribution in [0.4, 0.5) is 0 Å².